The van der Waals surface area contributed by atoms with Gasteiger partial charge in [-0.25, -0.2) is 0 Å². The van der Waals surface area contributed by atoms with Crippen LogP contribution in [0.3, 0.4) is 0 Å². The number of carbonyl (C=O) groups excluding carboxylic acids is 1. The van der Waals surface area contributed by atoms with Gasteiger partial charge < -0.3 is 10.2 Å². The van der Waals surface area contributed by atoms with Crippen LogP contribution in [0.5, 0.6) is 0 Å². The van der Waals surface area contributed by atoms with Crippen molar-refractivity contribution in [2.24, 2.45) is 5.92 Å². The number of hydrogen-bond acceptors (Lipinski definition) is 3. The highest BCUT2D eigenvalue weighted by molar-refractivity contribution is 5.94. The molecule has 0 saturated carbocycles. The molecule has 0 fully saturated rings. The summed E-state index contributed by atoms with van der Waals surface area (Å²) in [7, 11) is 0. The molecule has 1 rings (SSSR count). The van der Waals surface area contributed by atoms with Crippen molar-refractivity contribution in [3.8, 4) is 0 Å². The Kier molecular flexibility index (Phi) is 4.88. The topological polar surface area (TPSA) is 57.5 Å². The second kappa shape index (κ2) is 5.81. The van der Waals surface area contributed by atoms with E-state index in [0.29, 0.717) is 24.8 Å². The molecule has 0 unspecified atom stereocenters. The van der Waals surface area contributed by atoms with Crippen LogP contribution in [0.15, 0.2) is 23.8 Å². The van der Waals surface area contributed by atoms with Gasteiger partial charge in [0, 0.05) is 0 Å². The smallest absolute Gasteiger partial charge is 0.161 e. The third kappa shape index (κ3) is 3.79. The fraction of sp³-hybridized carbons (Fsp3) is 0.667. The van der Waals surface area contributed by atoms with Crippen LogP contribution in [0.25, 0.3) is 0 Å². The van der Waals surface area contributed by atoms with Crippen molar-refractivity contribution in [3.05, 3.63) is 23.8 Å². The van der Waals surface area contributed by atoms with Crippen molar-refractivity contribution < 1.29 is 15.0 Å². The quantitative estimate of drug-likeness (QED) is 0.739. The van der Waals surface area contributed by atoms with E-state index in [2.05, 4.69) is 6.58 Å². The molecule has 0 bridgehead atoms. The molecule has 0 amide bonds. The van der Waals surface area contributed by atoms with E-state index in [-0.39, 0.29) is 11.7 Å². The Hall–Kier alpha value is -0.930. The van der Waals surface area contributed by atoms with E-state index in [1.807, 2.05) is 6.92 Å². The lowest BCUT2D eigenvalue weighted by atomic mass is 9.75. The maximum Gasteiger partial charge on any atom is 0.161 e. The number of aliphatic hydroxyl groups excluding tert-OH is 1. The van der Waals surface area contributed by atoms with E-state index < -0.39 is 11.7 Å². The molecule has 3 heteroatoms. The lowest BCUT2D eigenvalue weighted by molar-refractivity contribution is -0.128. The first-order valence-corrected chi connectivity index (χ1v) is 6.51. The van der Waals surface area contributed by atoms with Crippen LogP contribution in [-0.2, 0) is 4.79 Å². The summed E-state index contributed by atoms with van der Waals surface area (Å²) >= 11 is 0. The lowest BCUT2D eigenvalue weighted by Crippen LogP contribution is -2.41. The van der Waals surface area contributed by atoms with E-state index in [1.54, 1.807) is 19.9 Å². The highest BCUT2D eigenvalue weighted by atomic mass is 16.3. The zero-order valence-electron chi connectivity index (χ0n) is 11.6. The molecule has 0 heterocycles. The van der Waals surface area contributed by atoms with Crippen LogP contribution in [0.2, 0.25) is 0 Å². The average molecular weight is 252 g/mol. The van der Waals surface area contributed by atoms with Crippen LogP contribution in [0.1, 0.15) is 46.5 Å². The standard InChI is InChI=1S/C15H24O3/c1-10(2)13(16)7-8-15(4,18)12-6-5-11(3)9-14(12)17/h9,12-13,16,18H,1,5-8H2,2-4H3/t12-,13-,15-/m0/s1. The van der Waals surface area contributed by atoms with Gasteiger partial charge in [0.15, 0.2) is 5.78 Å². The first-order valence-electron chi connectivity index (χ1n) is 6.51. The molecule has 0 spiro atoms. The highest BCUT2D eigenvalue weighted by Gasteiger charge is 2.37. The molecule has 0 aromatic heterocycles. The summed E-state index contributed by atoms with van der Waals surface area (Å²) in [6.07, 6.45) is 3.43. The second-order valence-corrected chi connectivity index (χ2v) is 5.74. The van der Waals surface area contributed by atoms with E-state index in [1.165, 1.54) is 0 Å². The molecule has 3 atom stereocenters. The van der Waals surface area contributed by atoms with E-state index >= 15 is 0 Å². The third-order valence-corrected chi connectivity index (χ3v) is 3.80. The SMILES string of the molecule is C=C(C)[C@@H](O)CC[C@](C)(O)[C@H]1CCC(C)=CC1=O. The minimum Gasteiger partial charge on any atom is -0.389 e. The number of allylic oxidation sites excluding steroid dienone is 2. The highest BCUT2D eigenvalue weighted by Crippen LogP contribution is 2.33. The average Bonchev–Trinajstić information content (AvgIpc) is 2.25. The number of aliphatic hydroxyl groups is 2. The van der Waals surface area contributed by atoms with E-state index in [9.17, 15) is 15.0 Å². The summed E-state index contributed by atoms with van der Waals surface area (Å²) in [4.78, 5) is 11.9. The van der Waals surface area contributed by atoms with Crippen molar-refractivity contribution in [3.63, 3.8) is 0 Å². The number of hydrogen-bond donors (Lipinski definition) is 2. The molecule has 0 saturated heterocycles. The number of ketones is 1. The summed E-state index contributed by atoms with van der Waals surface area (Å²) in [5.41, 5.74) is 0.718. The first kappa shape index (κ1) is 15.1. The summed E-state index contributed by atoms with van der Waals surface area (Å²) < 4.78 is 0. The van der Waals surface area contributed by atoms with Crippen LogP contribution in [0, 0.1) is 5.92 Å². The molecule has 0 aromatic rings. The lowest BCUT2D eigenvalue weighted by Gasteiger charge is -2.34. The minimum absolute atomic E-state index is 0.00793. The van der Waals surface area contributed by atoms with Gasteiger partial charge in [0.2, 0.25) is 0 Å². The molecule has 18 heavy (non-hydrogen) atoms. The molecule has 0 radical (unpaired) electrons. The molecule has 102 valence electrons. The fourth-order valence-corrected chi connectivity index (χ4v) is 2.40. The van der Waals surface area contributed by atoms with Gasteiger partial charge in [-0.1, -0.05) is 17.7 Å². The Morgan fingerprint density at radius 1 is 1.67 bits per heavy atom. The summed E-state index contributed by atoms with van der Waals surface area (Å²) in [6.45, 7) is 9.07. The van der Waals surface area contributed by atoms with E-state index in [4.69, 9.17) is 0 Å². The largest absolute Gasteiger partial charge is 0.389 e. The normalized spacial score (nSPS) is 25.3. The zero-order chi connectivity index (χ0) is 13.9. The van der Waals surface area contributed by atoms with Crippen molar-refractivity contribution in [2.45, 2.75) is 58.2 Å². The Bertz CT molecular complexity index is 366. The summed E-state index contributed by atoms with van der Waals surface area (Å²) in [6, 6.07) is 0. The predicted molar refractivity (Wildman–Crippen MR) is 72.2 cm³/mol. The second-order valence-electron chi connectivity index (χ2n) is 5.74. The molecule has 2 N–H and O–H groups in total. The van der Waals surface area contributed by atoms with Gasteiger partial charge in [-0.15, -0.1) is 0 Å². The minimum atomic E-state index is -1.05. The van der Waals surface area contributed by atoms with E-state index in [0.717, 1.165) is 12.0 Å². The molecular weight excluding hydrogens is 228 g/mol. The third-order valence-electron chi connectivity index (χ3n) is 3.80. The fourth-order valence-electron chi connectivity index (χ4n) is 2.40. The van der Waals surface area contributed by atoms with Gasteiger partial charge in [-0.05, 0) is 52.5 Å². The number of carbonyl (C=O) groups is 1. The first-order chi connectivity index (χ1) is 8.24. The van der Waals surface area contributed by atoms with Crippen LogP contribution in [0.4, 0.5) is 0 Å². The summed E-state index contributed by atoms with van der Waals surface area (Å²) in [5.74, 6) is -0.341. The molecule has 1 aliphatic rings. The Morgan fingerprint density at radius 2 is 2.28 bits per heavy atom. The zero-order valence-corrected chi connectivity index (χ0v) is 11.6. The van der Waals surface area contributed by atoms with Crippen molar-refractivity contribution in [1.82, 2.24) is 0 Å². The number of rotatable bonds is 5. The van der Waals surface area contributed by atoms with Gasteiger partial charge >= 0.3 is 0 Å². The maximum atomic E-state index is 11.9. The van der Waals surface area contributed by atoms with Crippen LogP contribution >= 0.6 is 0 Å². The van der Waals surface area contributed by atoms with Crippen molar-refractivity contribution in [1.29, 1.82) is 0 Å². The van der Waals surface area contributed by atoms with Crippen LogP contribution < -0.4 is 0 Å². The predicted octanol–water partition coefficient (Wildman–Crippen LogP) is 2.38. The van der Waals surface area contributed by atoms with Crippen LogP contribution in [-0.4, -0.2) is 27.7 Å². The Morgan fingerprint density at radius 3 is 2.78 bits per heavy atom. The molecule has 1 aliphatic carbocycles. The Balaban J connectivity index is 2.64. The van der Waals surface area contributed by atoms with Gasteiger partial charge in [-0.3, -0.25) is 4.79 Å². The van der Waals surface area contributed by atoms with Crippen molar-refractivity contribution in [2.75, 3.05) is 0 Å². The molecule has 0 aliphatic heterocycles. The maximum absolute atomic E-state index is 11.9. The van der Waals surface area contributed by atoms with Gasteiger partial charge in [-0.2, -0.15) is 0 Å². The molecule has 3 nitrogen and oxygen atoms in total. The van der Waals surface area contributed by atoms with Gasteiger partial charge in [0.25, 0.3) is 0 Å². The molecule has 0 aromatic carbocycles. The summed E-state index contributed by atoms with van der Waals surface area (Å²) in [5, 5.41) is 20.1. The Labute approximate surface area is 109 Å². The van der Waals surface area contributed by atoms with Crippen molar-refractivity contribution >= 4 is 5.78 Å². The molecular formula is C15H24O3. The monoisotopic (exact) mass is 252 g/mol. The van der Waals surface area contributed by atoms with Gasteiger partial charge in [0.05, 0.1) is 17.6 Å². The van der Waals surface area contributed by atoms with Gasteiger partial charge in [0.1, 0.15) is 0 Å².